The summed E-state index contributed by atoms with van der Waals surface area (Å²) in [7, 11) is 0. The highest BCUT2D eigenvalue weighted by atomic mass is 16.6. The molecule has 0 spiro atoms. The Bertz CT molecular complexity index is 1380. The summed E-state index contributed by atoms with van der Waals surface area (Å²) in [6.45, 7) is 0.215. The zero-order valence-corrected chi connectivity index (χ0v) is 19.5. The summed E-state index contributed by atoms with van der Waals surface area (Å²) in [5.41, 5.74) is 16.0. The number of carbonyl (C=O) groups excluding carboxylic acids is 2. The van der Waals surface area contributed by atoms with Crippen LogP contribution in [0.3, 0.4) is 0 Å². The van der Waals surface area contributed by atoms with E-state index in [0.717, 1.165) is 35.1 Å². The topological polar surface area (TPSA) is 76.7 Å². The van der Waals surface area contributed by atoms with Crippen LogP contribution in [0, 0.1) is 0 Å². The van der Waals surface area contributed by atoms with Gasteiger partial charge in [-0.2, -0.15) is 0 Å². The van der Waals surface area contributed by atoms with Crippen LogP contribution in [0.1, 0.15) is 33.4 Å². The van der Waals surface area contributed by atoms with Gasteiger partial charge in [0, 0.05) is 0 Å². The maximum Gasteiger partial charge on any atom is 0.426 e. The molecule has 6 rings (SSSR count). The summed E-state index contributed by atoms with van der Waals surface area (Å²) in [6.07, 6.45) is 0.115. The molecule has 0 radical (unpaired) electrons. The fourth-order valence-electron chi connectivity index (χ4n) is 5.18. The van der Waals surface area contributed by atoms with E-state index in [9.17, 15) is 9.59 Å². The molecule has 178 valence electrons. The van der Waals surface area contributed by atoms with Gasteiger partial charge in [0.05, 0.1) is 0 Å². The predicted molar refractivity (Wildman–Crippen MR) is 136 cm³/mol. The van der Waals surface area contributed by atoms with Crippen LogP contribution in [0.2, 0.25) is 0 Å². The number of hydrazine groups is 1. The Balaban J connectivity index is 1.00. The second kappa shape index (κ2) is 9.23. The van der Waals surface area contributed by atoms with E-state index in [1.165, 1.54) is 33.4 Å². The summed E-state index contributed by atoms with van der Waals surface area (Å²) in [4.78, 5) is 24.4. The Morgan fingerprint density at radius 2 is 0.972 bits per heavy atom. The molecule has 6 nitrogen and oxygen atoms in total. The average Bonchev–Trinajstić information content (AvgIpc) is 3.49. The first-order chi connectivity index (χ1) is 17.7. The van der Waals surface area contributed by atoms with Gasteiger partial charge >= 0.3 is 12.2 Å². The van der Waals surface area contributed by atoms with Crippen molar-refractivity contribution in [3.8, 4) is 22.3 Å². The van der Waals surface area contributed by atoms with Crippen molar-refractivity contribution < 1.29 is 19.1 Å². The van der Waals surface area contributed by atoms with Crippen molar-refractivity contribution in [2.24, 2.45) is 0 Å². The molecule has 0 saturated heterocycles. The SMILES string of the molecule is O=C(NNC(=O)OCc1cccc2c1Cc1ccccc1-2)OCc1cccc2c1Cc1ccccc1-2. The molecule has 0 fully saturated rings. The zero-order chi connectivity index (χ0) is 24.5. The maximum atomic E-state index is 12.2. The van der Waals surface area contributed by atoms with Gasteiger partial charge in [0.2, 0.25) is 0 Å². The third-order valence-electron chi connectivity index (χ3n) is 6.88. The molecule has 2 amide bonds. The second-order valence-electron chi connectivity index (χ2n) is 8.96. The molecule has 0 bridgehead atoms. The van der Waals surface area contributed by atoms with E-state index in [1.54, 1.807) is 0 Å². The van der Waals surface area contributed by atoms with Gasteiger partial charge in [0.15, 0.2) is 0 Å². The number of amides is 2. The number of benzene rings is 4. The molecule has 4 aromatic carbocycles. The molecule has 0 atom stereocenters. The molecular formula is C30H24N2O4. The first-order valence-electron chi connectivity index (χ1n) is 11.9. The first kappa shape index (κ1) is 21.9. The molecule has 2 aliphatic carbocycles. The molecule has 6 heteroatoms. The number of nitrogens with one attached hydrogen (secondary N) is 2. The van der Waals surface area contributed by atoms with E-state index in [4.69, 9.17) is 9.47 Å². The fourth-order valence-corrected chi connectivity index (χ4v) is 5.18. The molecule has 0 saturated carbocycles. The van der Waals surface area contributed by atoms with E-state index >= 15 is 0 Å². The van der Waals surface area contributed by atoms with Crippen molar-refractivity contribution in [2.45, 2.75) is 26.1 Å². The van der Waals surface area contributed by atoms with Crippen LogP contribution in [0.25, 0.3) is 22.3 Å². The second-order valence-corrected chi connectivity index (χ2v) is 8.96. The van der Waals surface area contributed by atoms with Gasteiger partial charge in [0.25, 0.3) is 0 Å². The lowest BCUT2D eigenvalue weighted by atomic mass is 10.0. The van der Waals surface area contributed by atoms with Gasteiger partial charge in [0.1, 0.15) is 13.2 Å². The minimum Gasteiger partial charge on any atom is -0.443 e. The molecule has 36 heavy (non-hydrogen) atoms. The van der Waals surface area contributed by atoms with Crippen LogP contribution < -0.4 is 10.9 Å². The van der Waals surface area contributed by atoms with Gasteiger partial charge in [-0.1, -0.05) is 84.9 Å². The molecule has 2 aliphatic rings. The van der Waals surface area contributed by atoms with E-state index in [-0.39, 0.29) is 13.2 Å². The summed E-state index contributed by atoms with van der Waals surface area (Å²) < 4.78 is 10.7. The molecule has 2 N–H and O–H groups in total. The highest BCUT2D eigenvalue weighted by molar-refractivity contribution is 5.79. The monoisotopic (exact) mass is 476 g/mol. The molecular weight excluding hydrogens is 452 g/mol. The first-order valence-corrected chi connectivity index (χ1v) is 11.9. The number of carbonyl (C=O) groups is 2. The van der Waals surface area contributed by atoms with Crippen LogP contribution in [0.4, 0.5) is 9.59 Å². The fraction of sp³-hybridized carbons (Fsp3) is 0.133. The van der Waals surface area contributed by atoms with Gasteiger partial charge in [-0.15, -0.1) is 0 Å². The Labute approximate surface area is 208 Å². The van der Waals surface area contributed by atoms with Crippen molar-refractivity contribution in [3.05, 3.63) is 118 Å². The Kier molecular flexibility index (Phi) is 5.62. The molecule has 0 heterocycles. The Morgan fingerprint density at radius 1 is 0.556 bits per heavy atom. The summed E-state index contributed by atoms with van der Waals surface area (Å²) in [5.74, 6) is 0. The lowest BCUT2D eigenvalue weighted by Gasteiger charge is -2.12. The number of hydrogen-bond donors (Lipinski definition) is 2. The molecule has 4 aromatic rings. The minimum absolute atomic E-state index is 0.108. The van der Waals surface area contributed by atoms with Crippen molar-refractivity contribution in [1.82, 2.24) is 10.9 Å². The predicted octanol–water partition coefficient (Wildman–Crippen LogP) is 5.90. The van der Waals surface area contributed by atoms with Gasteiger partial charge in [-0.05, 0) is 68.5 Å². The largest absolute Gasteiger partial charge is 0.443 e. The molecule has 0 aromatic heterocycles. The van der Waals surface area contributed by atoms with Crippen LogP contribution >= 0.6 is 0 Å². The van der Waals surface area contributed by atoms with Gasteiger partial charge < -0.3 is 9.47 Å². The van der Waals surface area contributed by atoms with E-state index in [1.807, 2.05) is 48.5 Å². The lowest BCUT2D eigenvalue weighted by molar-refractivity contribution is 0.117. The Hall–Kier alpha value is -4.58. The quantitative estimate of drug-likeness (QED) is 0.311. The van der Waals surface area contributed by atoms with Crippen molar-refractivity contribution in [1.29, 1.82) is 0 Å². The van der Waals surface area contributed by atoms with Crippen LogP contribution in [0.5, 0.6) is 0 Å². The number of ether oxygens (including phenoxy) is 2. The summed E-state index contributed by atoms with van der Waals surface area (Å²) >= 11 is 0. The normalized spacial score (nSPS) is 12.1. The summed E-state index contributed by atoms with van der Waals surface area (Å²) in [6, 6.07) is 28.6. The zero-order valence-electron chi connectivity index (χ0n) is 19.5. The average molecular weight is 477 g/mol. The van der Waals surface area contributed by atoms with Crippen molar-refractivity contribution in [3.63, 3.8) is 0 Å². The number of fused-ring (bicyclic) bond motifs is 6. The van der Waals surface area contributed by atoms with E-state index < -0.39 is 12.2 Å². The number of rotatable bonds is 4. The number of hydrogen-bond acceptors (Lipinski definition) is 4. The van der Waals surface area contributed by atoms with Crippen LogP contribution in [-0.2, 0) is 35.5 Å². The standard InChI is InChI=1S/C30H24N2O4/c33-29(35-17-21-9-5-13-25-23-11-3-1-7-19(23)15-27(21)25)31-32-30(34)36-18-22-10-6-14-26-24-12-4-2-8-20(24)16-28(22)26/h1-14H,15-18H2,(H,31,33)(H,32,34). The van der Waals surface area contributed by atoms with Gasteiger partial charge in [-0.3, -0.25) is 0 Å². The summed E-state index contributed by atoms with van der Waals surface area (Å²) in [5, 5.41) is 0. The van der Waals surface area contributed by atoms with E-state index in [0.29, 0.717) is 0 Å². The smallest absolute Gasteiger partial charge is 0.426 e. The highest BCUT2D eigenvalue weighted by Gasteiger charge is 2.22. The lowest BCUT2D eigenvalue weighted by Crippen LogP contribution is -2.42. The minimum atomic E-state index is -0.754. The van der Waals surface area contributed by atoms with Crippen molar-refractivity contribution in [2.75, 3.05) is 0 Å². The molecule has 0 unspecified atom stereocenters. The van der Waals surface area contributed by atoms with Crippen molar-refractivity contribution >= 4 is 12.2 Å². The maximum absolute atomic E-state index is 12.2. The molecule has 0 aliphatic heterocycles. The highest BCUT2D eigenvalue weighted by Crippen LogP contribution is 2.39. The van der Waals surface area contributed by atoms with E-state index in [2.05, 4.69) is 47.2 Å². The Morgan fingerprint density at radius 3 is 1.44 bits per heavy atom. The van der Waals surface area contributed by atoms with Gasteiger partial charge in [-0.25, -0.2) is 20.4 Å². The third kappa shape index (κ3) is 4.07. The van der Waals surface area contributed by atoms with Crippen LogP contribution in [-0.4, -0.2) is 12.2 Å². The third-order valence-corrected chi connectivity index (χ3v) is 6.88. The van der Waals surface area contributed by atoms with Crippen LogP contribution in [0.15, 0.2) is 84.9 Å².